The first kappa shape index (κ1) is 24.0. The van der Waals surface area contributed by atoms with Gasteiger partial charge in [0.15, 0.2) is 11.0 Å². The van der Waals surface area contributed by atoms with Gasteiger partial charge in [-0.3, -0.25) is 9.59 Å². The number of nitrogens with one attached hydrogen (secondary N) is 2. The van der Waals surface area contributed by atoms with Crippen molar-refractivity contribution in [1.82, 2.24) is 20.1 Å². The highest BCUT2D eigenvalue weighted by molar-refractivity contribution is 9.10. The fourth-order valence-corrected chi connectivity index (χ4v) is 4.18. The van der Waals surface area contributed by atoms with Crippen LogP contribution < -0.4 is 10.6 Å². The van der Waals surface area contributed by atoms with Crippen LogP contribution in [0.15, 0.2) is 64.7 Å². The third-order valence-electron chi connectivity index (χ3n) is 4.41. The highest BCUT2D eigenvalue weighted by Gasteiger charge is 2.15. The SMILES string of the molecule is C=CCn1c(CNC(=O)c2ccc(Cl)cc2)nnc1SCC(=O)Nc1ccc(Br)cc1C. The summed E-state index contributed by atoms with van der Waals surface area (Å²) in [5.74, 6) is 0.348. The van der Waals surface area contributed by atoms with Gasteiger partial charge in [-0.15, -0.1) is 16.8 Å². The Labute approximate surface area is 203 Å². The molecule has 0 atom stereocenters. The molecule has 7 nitrogen and oxygen atoms in total. The molecule has 166 valence electrons. The largest absolute Gasteiger partial charge is 0.345 e. The van der Waals surface area contributed by atoms with E-state index in [0.717, 1.165) is 15.7 Å². The summed E-state index contributed by atoms with van der Waals surface area (Å²) in [6.45, 7) is 6.34. The molecule has 0 saturated heterocycles. The van der Waals surface area contributed by atoms with Crippen molar-refractivity contribution in [1.29, 1.82) is 0 Å². The quantitative estimate of drug-likeness (QED) is 0.303. The number of amides is 2. The maximum absolute atomic E-state index is 12.4. The molecule has 0 aliphatic rings. The van der Waals surface area contributed by atoms with Crippen molar-refractivity contribution >= 4 is 56.8 Å². The second-order valence-electron chi connectivity index (χ2n) is 6.78. The Bertz CT molecular complexity index is 1130. The molecule has 0 aliphatic heterocycles. The molecule has 0 bridgehead atoms. The lowest BCUT2D eigenvalue weighted by Crippen LogP contribution is -2.24. The smallest absolute Gasteiger partial charge is 0.251 e. The van der Waals surface area contributed by atoms with Crippen molar-refractivity contribution in [2.24, 2.45) is 0 Å². The van der Waals surface area contributed by atoms with Gasteiger partial charge in [-0.1, -0.05) is 45.4 Å². The molecule has 2 aromatic carbocycles. The number of thioether (sulfide) groups is 1. The van der Waals surface area contributed by atoms with E-state index in [-0.39, 0.29) is 24.1 Å². The van der Waals surface area contributed by atoms with Gasteiger partial charge >= 0.3 is 0 Å². The van der Waals surface area contributed by atoms with Crippen LogP contribution in [0.3, 0.4) is 0 Å². The minimum Gasteiger partial charge on any atom is -0.345 e. The molecular formula is C22H21BrClN5O2S. The van der Waals surface area contributed by atoms with Crippen molar-refractivity contribution < 1.29 is 9.59 Å². The van der Waals surface area contributed by atoms with Crippen LogP contribution in [-0.2, 0) is 17.9 Å². The molecule has 1 heterocycles. The van der Waals surface area contributed by atoms with E-state index in [1.165, 1.54) is 11.8 Å². The second kappa shape index (κ2) is 11.3. The summed E-state index contributed by atoms with van der Waals surface area (Å²) in [6, 6.07) is 12.3. The molecule has 1 aromatic heterocycles. The zero-order valence-electron chi connectivity index (χ0n) is 17.3. The number of hydrogen-bond donors (Lipinski definition) is 2. The van der Waals surface area contributed by atoms with Gasteiger partial charge in [0.2, 0.25) is 5.91 Å². The van der Waals surface area contributed by atoms with E-state index in [9.17, 15) is 9.59 Å². The van der Waals surface area contributed by atoms with Crippen molar-refractivity contribution in [3.8, 4) is 0 Å². The molecule has 0 spiro atoms. The molecule has 0 fully saturated rings. The maximum Gasteiger partial charge on any atom is 0.251 e. The molecule has 0 unspecified atom stereocenters. The summed E-state index contributed by atoms with van der Waals surface area (Å²) in [5, 5.41) is 15.2. The number of nitrogens with zero attached hydrogens (tertiary/aromatic N) is 3. The number of carbonyl (C=O) groups excluding carboxylic acids is 2. The summed E-state index contributed by atoms with van der Waals surface area (Å²) in [7, 11) is 0. The number of anilines is 1. The van der Waals surface area contributed by atoms with Crippen LogP contribution in [0.5, 0.6) is 0 Å². The monoisotopic (exact) mass is 533 g/mol. The van der Waals surface area contributed by atoms with Crippen LogP contribution in [0, 0.1) is 6.92 Å². The number of aromatic nitrogens is 3. The van der Waals surface area contributed by atoms with Crippen LogP contribution in [0.1, 0.15) is 21.7 Å². The zero-order chi connectivity index (χ0) is 23.1. The summed E-state index contributed by atoms with van der Waals surface area (Å²) in [4.78, 5) is 24.8. The van der Waals surface area contributed by atoms with Crippen LogP contribution in [0.4, 0.5) is 5.69 Å². The van der Waals surface area contributed by atoms with Gasteiger partial charge in [-0.25, -0.2) is 0 Å². The molecule has 0 radical (unpaired) electrons. The van der Waals surface area contributed by atoms with Gasteiger partial charge in [-0.05, 0) is 55.0 Å². The van der Waals surface area contributed by atoms with E-state index in [4.69, 9.17) is 11.6 Å². The summed E-state index contributed by atoms with van der Waals surface area (Å²) >= 11 is 10.5. The van der Waals surface area contributed by atoms with Crippen molar-refractivity contribution in [3.63, 3.8) is 0 Å². The number of aryl methyl sites for hydroxylation is 1. The zero-order valence-corrected chi connectivity index (χ0v) is 20.4. The fourth-order valence-electron chi connectivity index (χ4n) is 2.82. The third kappa shape index (κ3) is 6.44. The lowest BCUT2D eigenvalue weighted by molar-refractivity contribution is -0.113. The molecule has 0 aliphatic carbocycles. The predicted octanol–water partition coefficient (Wildman–Crippen LogP) is 4.85. The molecule has 10 heteroatoms. The Morgan fingerprint density at radius 1 is 1.22 bits per heavy atom. The Kier molecular flexibility index (Phi) is 8.49. The Morgan fingerprint density at radius 2 is 1.97 bits per heavy atom. The number of rotatable bonds is 9. The van der Waals surface area contributed by atoms with Crippen LogP contribution in [0.25, 0.3) is 0 Å². The van der Waals surface area contributed by atoms with Gasteiger partial charge in [0.25, 0.3) is 5.91 Å². The van der Waals surface area contributed by atoms with E-state index >= 15 is 0 Å². The average molecular weight is 535 g/mol. The van der Waals surface area contributed by atoms with Gasteiger partial charge in [-0.2, -0.15) is 0 Å². The standard InChI is InChI=1S/C22H21BrClN5O2S/c1-3-10-29-19(12-25-21(31)15-4-7-17(24)8-5-15)27-28-22(29)32-13-20(30)26-18-9-6-16(23)11-14(18)2/h3-9,11H,1,10,12-13H2,2H3,(H,25,31)(H,26,30). The molecule has 2 amide bonds. The predicted molar refractivity (Wildman–Crippen MR) is 131 cm³/mol. The van der Waals surface area contributed by atoms with Crippen molar-refractivity contribution in [2.75, 3.05) is 11.1 Å². The van der Waals surface area contributed by atoms with Gasteiger partial charge < -0.3 is 15.2 Å². The van der Waals surface area contributed by atoms with Gasteiger partial charge in [0.1, 0.15) is 0 Å². The Hall–Kier alpha value is -2.62. The van der Waals surface area contributed by atoms with E-state index in [0.29, 0.717) is 28.1 Å². The van der Waals surface area contributed by atoms with Crippen molar-refractivity contribution in [2.45, 2.75) is 25.2 Å². The molecule has 3 aromatic rings. The number of allylic oxidation sites excluding steroid dienone is 1. The van der Waals surface area contributed by atoms with Crippen LogP contribution in [0.2, 0.25) is 5.02 Å². The minimum atomic E-state index is -0.242. The fraction of sp³-hybridized carbons (Fsp3) is 0.182. The number of benzene rings is 2. The topological polar surface area (TPSA) is 88.9 Å². The van der Waals surface area contributed by atoms with Gasteiger partial charge in [0, 0.05) is 27.3 Å². The molecule has 3 rings (SSSR count). The Morgan fingerprint density at radius 3 is 2.66 bits per heavy atom. The molecule has 2 N–H and O–H groups in total. The van der Waals surface area contributed by atoms with E-state index in [1.54, 1.807) is 30.3 Å². The highest BCUT2D eigenvalue weighted by Crippen LogP contribution is 2.22. The van der Waals surface area contributed by atoms with E-state index in [1.807, 2.05) is 29.7 Å². The van der Waals surface area contributed by atoms with Crippen LogP contribution >= 0.6 is 39.3 Å². The number of hydrogen-bond acceptors (Lipinski definition) is 5. The lowest BCUT2D eigenvalue weighted by Gasteiger charge is -2.10. The summed E-state index contributed by atoms with van der Waals surface area (Å²) in [6.07, 6.45) is 1.71. The number of halogens is 2. The first-order valence-electron chi connectivity index (χ1n) is 9.63. The minimum absolute atomic E-state index is 0.147. The van der Waals surface area contributed by atoms with Crippen LogP contribution in [-0.4, -0.2) is 32.3 Å². The average Bonchev–Trinajstić information content (AvgIpc) is 3.15. The first-order valence-corrected chi connectivity index (χ1v) is 11.8. The molecular weight excluding hydrogens is 514 g/mol. The highest BCUT2D eigenvalue weighted by atomic mass is 79.9. The van der Waals surface area contributed by atoms with Crippen molar-refractivity contribution in [3.05, 3.63) is 81.6 Å². The summed E-state index contributed by atoms with van der Waals surface area (Å²) < 4.78 is 2.77. The second-order valence-corrected chi connectivity index (χ2v) is 9.08. The lowest BCUT2D eigenvalue weighted by atomic mass is 10.2. The maximum atomic E-state index is 12.4. The Balaban J connectivity index is 1.61. The molecule has 0 saturated carbocycles. The molecule has 32 heavy (non-hydrogen) atoms. The summed E-state index contributed by atoms with van der Waals surface area (Å²) in [5.41, 5.74) is 2.22. The van der Waals surface area contributed by atoms with E-state index in [2.05, 4.69) is 43.3 Å². The third-order valence-corrected chi connectivity index (χ3v) is 6.13. The van der Waals surface area contributed by atoms with E-state index < -0.39 is 0 Å². The first-order chi connectivity index (χ1) is 15.4. The number of carbonyl (C=O) groups is 2. The van der Waals surface area contributed by atoms with Gasteiger partial charge in [0.05, 0.1) is 12.3 Å². The normalized spacial score (nSPS) is 10.6.